The molecule has 0 saturated heterocycles. The molecule has 1 fully saturated rings. The minimum atomic E-state index is -0.801. The van der Waals surface area contributed by atoms with Gasteiger partial charge in [-0.25, -0.2) is 0 Å². The molecule has 6 nitrogen and oxygen atoms in total. The highest BCUT2D eigenvalue weighted by molar-refractivity contribution is 5.84. The quantitative estimate of drug-likeness (QED) is 0.673. The maximum atomic E-state index is 12.0. The van der Waals surface area contributed by atoms with Gasteiger partial charge in [-0.2, -0.15) is 0 Å². The molecule has 2 N–H and O–H groups in total. The summed E-state index contributed by atoms with van der Waals surface area (Å²) < 4.78 is 0. The van der Waals surface area contributed by atoms with Gasteiger partial charge in [0.1, 0.15) is 0 Å². The second-order valence-electron chi connectivity index (χ2n) is 5.65. The van der Waals surface area contributed by atoms with Crippen molar-refractivity contribution in [2.75, 3.05) is 13.1 Å². The zero-order valence-electron chi connectivity index (χ0n) is 12.9. The lowest BCUT2D eigenvalue weighted by molar-refractivity contribution is -0.146. The van der Waals surface area contributed by atoms with Gasteiger partial charge in [0.2, 0.25) is 11.8 Å². The summed E-state index contributed by atoms with van der Waals surface area (Å²) in [6.07, 6.45) is 3.21. The summed E-state index contributed by atoms with van der Waals surface area (Å²) in [6.45, 7) is 5.52. The smallest absolute Gasteiger partial charge is 0.306 e. The van der Waals surface area contributed by atoms with Crippen LogP contribution in [0.3, 0.4) is 0 Å². The number of amides is 2. The van der Waals surface area contributed by atoms with Gasteiger partial charge in [0.15, 0.2) is 0 Å². The molecular formula is C15H26N2O4. The van der Waals surface area contributed by atoms with Gasteiger partial charge in [-0.05, 0) is 25.7 Å². The lowest BCUT2D eigenvalue weighted by Crippen LogP contribution is -2.46. The van der Waals surface area contributed by atoms with E-state index in [-0.39, 0.29) is 36.6 Å². The van der Waals surface area contributed by atoms with Gasteiger partial charge in [0.05, 0.1) is 5.92 Å². The third kappa shape index (κ3) is 5.73. The Labute approximate surface area is 125 Å². The minimum absolute atomic E-state index is 0.0193. The molecule has 0 aromatic rings. The van der Waals surface area contributed by atoms with E-state index in [2.05, 4.69) is 5.32 Å². The molecule has 1 saturated carbocycles. The first kappa shape index (κ1) is 17.5. The molecule has 1 rings (SSSR count). The van der Waals surface area contributed by atoms with E-state index < -0.39 is 5.97 Å². The molecule has 120 valence electrons. The van der Waals surface area contributed by atoms with Gasteiger partial charge >= 0.3 is 5.97 Å². The number of aliphatic carboxylic acids is 1. The summed E-state index contributed by atoms with van der Waals surface area (Å²) in [5.41, 5.74) is 0. The zero-order chi connectivity index (χ0) is 15.8. The molecule has 0 aliphatic heterocycles. The molecule has 0 bridgehead atoms. The van der Waals surface area contributed by atoms with Crippen LogP contribution in [0.2, 0.25) is 0 Å². The van der Waals surface area contributed by atoms with Crippen LogP contribution < -0.4 is 5.32 Å². The molecule has 0 heterocycles. The highest BCUT2D eigenvalue weighted by Crippen LogP contribution is 2.27. The summed E-state index contributed by atoms with van der Waals surface area (Å²) >= 11 is 0. The van der Waals surface area contributed by atoms with Crippen molar-refractivity contribution in [3.05, 3.63) is 0 Å². The Balaban J connectivity index is 2.23. The van der Waals surface area contributed by atoms with Crippen molar-refractivity contribution < 1.29 is 19.5 Å². The van der Waals surface area contributed by atoms with Crippen LogP contribution in [-0.2, 0) is 14.4 Å². The first-order valence-corrected chi connectivity index (χ1v) is 7.77. The van der Waals surface area contributed by atoms with E-state index >= 15 is 0 Å². The van der Waals surface area contributed by atoms with E-state index in [0.717, 1.165) is 25.9 Å². The molecule has 0 spiro atoms. The first-order valence-electron chi connectivity index (χ1n) is 7.77. The van der Waals surface area contributed by atoms with Gasteiger partial charge < -0.3 is 15.3 Å². The van der Waals surface area contributed by atoms with Crippen LogP contribution in [-0.4, -0.2) is 46.9 Å². The lowest BCUT2D eigenvalue weighted by Gasteiger charge is -2.32. The van der Waals surface area contributed by atoms with Crippen LogP contribution in [0.25, 0.3) is 0 Å². The average Bonchev–Trinajstić information content (AvgIpc) is 2.39. The fourth-order valence-corrected chi connectivity index (χ4v) is 2.52. The Morgan fingerprint density at radius 1 is 1.10 bits per heavy atom. The van der Waals surface area contributed by atoms with Gasteiger partial charge in [0.25, 0.3) is 0 Å². The van der Waals surface area contributed by atoms with Crippen molar-refractivity contribution in [1.29, 1.82) is 0 Å². The highest BCUT2D eigenvalue weighted by atomic mass is 16.4. The number of carboxylic acids is 1. The van der Waals surface area contributed by atoms with Crippen LogP contribution in [0, 0.1) is 5.92 Å². The molecule has 6 heteroatoms. The van der Waals surface area contributed by atoms with Crippen LogP contribution in [0.4, 0.5) is 0 Å². The largest absolute Gasteiger partial charge is 0.481 e. The SMILES string of the molecule is CCCN(CCC)C(=O)CCC(=O)NC1CC(C(=O)O)C1. The maximum absolute atomic E-state index is 12.0. The van der Waals surface area contributed by atoms with E-state index in [1.165, 1.54) is 0 Å². The van der Waals surface area contributed by atoms with E-state index in [4.69, 9.17) is 5.11 Å². The van der Waals surface area contributed by atoms with E-state index in [0.29, 0.717) is 12.8 Å². The number of carbonyl (C=O) groups excluding carboxylic acids is 2. The third-order valence-electron chi connectivity index (χ3n) is 3.76. The van der Waals surface area contributed by atoms with Crippen molar-refractivity contribution in [2.45, 2.75) is 58.4 Å². The van der Waals surface area contributed by atoms with Crippen molar-refractivity contribution in [3.63, 3.8) is 0 Å². The molecule has 0 aromatic heterocycles. The first-order chi connectivity index (χ1) is 9.97. The van der Waals surface area contributed by atoms with E-state index in [9.17, 15) is 14.4 Å². The van der Waals surface area contributed by atoms with Crippen molar-refractivity contribution >= 4 is 17.8 Å². The number of nitrogens with zero attached hydrogens (tertiary/aromatic N) is 1. The Kier molecular flexibility index (Phi) is 7.19. The third-order valence-corrected chi connectivity index (χ3v) is 3.76. The standard InChI is InChI=1S/C15H26N2O4/c1-3-7-17(8-4-2)14(19)6-5-13(18)16-12-9-11(10-12)15(20)21/h11-12H,3-10H2,1-2H3,(H,16,18)(H,20,21). The predicted octanol–water partition coefficient (Wildman–Crippen LogP) is 1.39. The number of hydrogen-bond donors (Lipinski definition) is 2. The number of nitrogens with one attached hydrogen (secondary N) is 1. The summed E-state index contributed by atoms with van der Waals surface area (Å²) in [7, 11) is 0. The van der Waals surface area contributed by atoms with Gasteiger partial charge in [-0.15, -0.1) is 0 Å². The molecule has 0 unspecified atom stereocenters. The lowest BCUT2D eigenvalue weighted by atomic mass is 9.80. The second kappa shape index (κ2) is 8.64. The Hall–Kier alpha value is -1.59. The predicted molar refractivity (Wildman–Crippen MR) is 78.7 cm³/mol. The molecule has 2 amide bonds. The van der Waals surface area contributed by atoms with Crippen molar-refractivity contribution in [3.8, 4) is 0 Å². The average molecular weight is 298 g/mol. The number of hydrogen-bond acceptors (Lipinski definition) is 3. The van der Waals surface area contributed by atoms with Crippen LogP contribution in [0.5, 0.6) is 0 Å². The highest BCUT2D eigenvalue weighted by Gasteiger charge is 2.35. The Bertz CT molecular complexity index is 372. The Morgan fingerprint density at radius 3 is 2.14 bits per heavy atom. The topological polar surface area (TPSA) is 86.7 Å². The van der Waals surface area contributed by atoms with Gasteiger partial charge in [-0.3, -0.25) is 14.4 Å². The summed E-state index contributed by atoms with van der Waals surface area (Å²) in [5, 5.41) is 11.5. The number of rotatable bonds is 9. The summed E-state index contributed by atoms with van der Waals surface area (Å²) in [5.74, 6) is -1.28. The van der Waals surface area contributed by atoms with Crippen LogP contribution in [0.1, 0.15) is 52.4 Å². The number of carbonyl (C=O) groups is 3. The van der Waals surface area contributed by atoms with Crippen molar-refractivity contribution in [1.82, 2.24) is 10.2 Å². The molecule has 0 atom stereocenters. The van der Waals surface area contributed by atoms with Crippen LogP contribution >= 0.6 is 0 Å². The van der Waals surface area contributed by atoms with E-state index in [1.807, 2.05) is 13.8 Å². The fourth-order valence-electron chi connectivity index (χ4n) is 2.52. The second-order valence-corrected chi connectivity index (χ2v) is 5.65. The Morgan fingerprint density at radius 2 is 1.67 bits per heavy atom. The molecule has 1 aliphatic rings. The summed E-state index contributed by atoms with van der Waals surface area (Å²) in [6, 6.07) is -0.0453. The number of carboxylic acid groups (broad SMARTS) is 1. The van der Waals surface area contributed by atoms with E-state index in [1.54, 1.807) is 4.90 Å². The molecular weight excluding hydrogens is 272 g/mol. The minimum Gasteiger partial charge on any atom is -0.481 e. The maximum Gasteiger partial charge on any atom is 0.306 e. The summed E-state index contributed by atoms with van der Waals surface area (Å²) in [4.78, 5) is 36.2. The normalized spacial score (nSPS) is 20.5. The zero-order valence-corrected chi connectivity index (χ0v) is 12.9. The fraction of sp³-hybridized carbons (Fsp3) is 0.800. The molecule has 0 radical (unpaired) electrons. The van der Waals surface area contributed by atoms with Crippen molar-refractivity contribution in [2.24, 2.45) is 5.92 Å². The van der Waals surface area contributed by atoms with Gasteiger partial charge in [0, 0.05) is 32.0 Å². The molecule has 21 heavy (non-hydrogen) atoms. The van der Waals surface area contributed by atoms with Gasteiger partial charge in [-0.1, -0.05) is 13.8 Å². The molecule has 1 aliphatic carbocycles. The monoisotopic (exact) mass is 298 g/mol. The molecule has 0 aromatic carbocycles. The van der Waals surface area contributed by atoms with Crippen LogP contribution in [0.15, 0.2) is 0 Å².